The molecule has 1 rings (SSSR count). The summed E-state index contributed by atoms with van der Waals surface area (Å²) < 4.78 is 5.17. The predicted molar refractivity (Wildman–Crippen MR) is 69.1 cm³/mol. The number of hydrogen-bond acceptors (Lipinski definition) is 2. The van der Waals surface area contributed by atoms with E-state index in [-0.39, 0.29) is 18.6 Å². The third-order valence-electron chi connectivity index (χ3n) is 2.33. The van der Waals surface area contributed by atoms with Crippen molar-refractivity contribution in [2.24, 2.45) is 0 Å². The van der Waals surface area contributed by atoms with Crippen molar-refractivity contribution in [2.75, 3.05) is 13.2 Å². The predicted octanol–water partition coefficient (Wildman–Crippen LogP) is 2.94. The summed E-state index contributed by atoms with van der Waals surface area (Å²) in [5, 5.41) is 3.56. The molecule has 0 unspecified atom stereocenters. The molecule has 3 nitrogen and oxygen atoms in total. The highest BCUT2D eigenvalue weighted by molar-refractivity contribution is 6.30. The van der Waals surface area contributed by atoms with Gasteiger partial charge in [0, 0.05) is 11.6 Å². The molecule has 0 aromatic heterocycles. The van der Waals surface area contributed by atoms with Crippen LogP contribution in [-0.2, 0) is 9.53 Å². The topological polar surface area (TPSA) is 38.3 Å². The summed E-state index contributed by atoms with van der Waals surface area (Å²) in [6.45, 7) is 4.67. The third-order valence-corrected chi connectivity index (χ3v) is 2.58. The first-order valence-corrected chi connectivity index (χ1v) is 6.14. The van der Waals surface area contributed by atoms with Crippen molar-refractivity contribution < 1.29 is 9.53 Å². The summed E-state index contributed by atoms with van der Waals surface area (Å²) in [6, 6.07) is 7.39. The van der Waals surface area contributed by atoms with Gasteiger partial charge in [-0.2, -0.15) is 0 Å². The summed E-state index contributed by atoms with van der Waals surface area (Å²) in [5.74, 6) is -0.0964. The van der Waals surface area contributed by atoms with Crippen LogP contribution in [0.5, 0.6) is 0 Å². The Morgan fingerprint density at radius 3 is 2.65 bits per heavy atom. The van der Waals surface area contributed by atoms with E-state index in [1.54, 1.807) is 0 Å². The lowest BCUT2D eigenvalue weighted by atomic mass is 10.1. The Morgan fingerprint density at radius 2 is 2.06 bits per heavy atom. The van der Waals surface area contributed by atoms with Crippen molar-refractivity contribution in [1.29, 1.82) is 0 Å². The van der Waals surface area contributed by atoms with Gasteiger partial charge in [-0.3, -0.25) is 4.79 Å². The number of halogens is 1. The van der Waals surface area contributed by atoms with Crippen molar-refractivity contribution in [3.63, 3.8) is 0 Å². The number of hydrogen-bond donors (Lipinski definition) is 1. The van der Waals surface area contributed by atoms with Crippen molar-refractivity contribution >= 4 is 17.5 Å². The summed E-state index contributed by atoms with van der Waals surface area (Å²) >= 11 is 5.80. The zero-order valence-corrected chi connectivity index (χ0v) is 11.0. The number of carbonyl (C=O) groups is 1. The van der Waals surface area contributed by atoms with Crippen molar-refractivity contribution in [1.82, 2.24) is 5.32 Å². The molecule has 1 N–H and O–H groups in total. The van der Waals surface area contributed by atoms with E-state index < -0.39 is 0 Å². The third kappa shape index (κ3) is 5.20. The maximum atomic E-state index is 11.5. The van der Waals surface area contributed by atoms with Crippen LogP contribution in [0.15, 0.2) is 24.3 Å². The monoisotopic (exact) mass is 255 g/mol. The Hall–Kier alpha value is -1.06. The first kappa shape index (κ1) is 14.0. The van der Waals surface area contributed by atoms with E-state index in [9.17, 15) is 4.79 Å². The molecule has 1 aromatic carbocycles. The minimum absolute atomic E-state index is 0.0370. The summed E-state index contributed by atoms with van der Waals surface area (Å²) in [6.07, 6.45) is 0.917. The van der Waals surface area contributed by atoms with Gasteiger partial charge in [0.1, 0.15) is 6.61 Å². The van der Waals surface area contributed by atoms with E-state index >= 15 is 0 Å². The zero-order chi connectivity index (χ0) is 12.7. The molecule has 0 radical (unpaired) electrons. The second-order valence-electron chi connectivity index (χ2n) is 3.89. The van der Waals surface area contributed by atoms with E-state index in [4.69, 9.17) is 16.3 Å². The normalized spacial score (nSPS) is 12.2. The van der Waals surface area contributed by atoms with Gasteiger partial charge in [-0.05, 0) is 31.0 Å². The second kappa shape index (κ2) is 7.30. The number of carbonyl (C=O) groups excluding carboxylic acids is 1. The van der Waals surface area contributed by atoms with Crippen molar-refractivity contribution in [3.8, 4) is 0 Å². The molecular formula is C13H18ClNO2. The smallest absolute Gasteiger partial charge is 0.246 e. The van der Waals surface area contributed by atoms with Crippen LogP contribution in [0.25, 0.3) is 0 Å². The Kier molecular flexibility index (Phi) is 6.01. The maximum Gasteiger partial charge on any atom is 0.246 e. The molecule has 0 saturated heterocycles. The SMILES string of the molecule is CCCOCC(=O)N[C@@H](C)c1ccc(Cl)cc1. The standard InChI is InChI=1S/C13H18ClNO2/c1-3-8-17-9-13(16)15-10(2)11-4-6-12(14)7-5-11/h4-7,10H,3,8-9H2,1-2H3,(H,15,16)/t10-/m0/s1. The molecule has 94 valence electrons. The molecule has 0 fully saturated rings. The van der Waals surface area contributed by atoms with Crippen LogP contribution in [0.2, 0.25) is 5.02 Å². The molecule has 0 heterocycles. The first-order chi connectivity index (χ1) is 8.13. The average molecular weight is 256 g/mol. The van der Waals surface area contributed by atoms with Crippen LogP contribution in [0, 0.1) is 0 Å². The highest BCUT2D eigenvalue weighted by Gasteiger charge is 2.09. The van der Waals surface area contributed by atoms with E-state index in [0.717, 1.165) is 12.0 Å². The van der Waals surface area contributed by atoms with E-state index in [2.05, 4.69) is 5.32 Å². The molecule has 0 aliphatic heterocycles. The fourth-order valence-corrected chi connectivity index (χ4v) is 1.55. The molecule has 1 atom stereocenters. The Labute approximate surface area is 107 Å². The zero-order valence-electron chi connectivity index (χ0n) is 10.2. The van der Waals surface area contributed by atoms with Gasteiger partial charge >= 0.3 is 0 Å². The summed E-state index contributed by atoms with van der Waals surface area (Å²) in [4.78, 5) is 11.5. The van der Waals surface area contributed by atoms with Gasteiger partial charge in [0.2, 0.25) is 5.91 Å². The van der Waals surface area contributed by atoms with E-state index in [1.165, 1.54) is 0 Å². The van der Waals surface area contributed by atoms with Crippen LogP contribution >= 0.6 is 11.6 Å². The van der Waals surface area contributed by atoms with Crippen LogP contribution in [0.4, 0.5) is 0 Å². The average Bonchev–Trinajstić information content (AvgIpc) is 2.30. The fraction of sp³-hybridized carbons (Fsp3) is 0.462. The lowest BCUT2D eigenvalue weighted by Crippen LogP contribution is -2.30. The van der Waals surface area contributed by atoms with Gasteiger partial charge in [-0.25, -0.2) is 0 Å². The number of ether oxygens (including phenoxy) is 1. The Morgan fingerprint density at radius 1 is 1.41 bits per heavy atom. The molecule has 4 heteroatoms. The highest BCUT2D eigenvalue weighted by Crippen LogP contribution is 2.15. The lowest BCUT2D eigenvalue weighted by Gasteiger charge is -2.14. The maximum absolute atomic E-state index is 11.5. The van der Waals surface area contributed by atoms with Gasteiger partial charge in [0.15, 0.2) is 0 Å². The van der Waals surface area contributed by atoms with E-state index in [1.807, 2.05) is 38.1 Å². The van der Waals surface area contributed by atoms with Crippen LogP contribution in [0.1, 0.15) is 31.9 Å². The highest BCUT2D eigenvalue weighted by atomic mass is 35.5. The largest absolute Gasteiger partial charge is 0.372 e. The van der Waals surface area contributed by atoms with Gasteiger partial charge in [-0.1, -0.05) is 30.7 Å². The van der Waals surface area contributed by atoms with Crippen LogP contribution < -0.4 is 5.32 Å². The summed E-state index contributed by atoms with van der Waals surface area (Å²) in [5.41, 5.74) is 1.03. The van der Waals surface area contributed by atoms with Crippen molar-refractivity contribution in [3.05, 3.63) is 34.9 Å². The van der Waals surface area contributed by atoms with Gasteiger partial charge in [0.05, 0.1) is 6.04 Å². The van der Waals surface area contributed by atoms with Crippen molar-refractivity contribution in [2.45, 2.75) is 26.3 Å². The quantitative estimate of drug-likeness (QED) is 0.794. The van der Waals surface area contributed by atoms with Crippen LogP contribution in [-0.4, -0.2) is 19.1 Å². The van der Waals surface area contributed by atoms with Gasteiger partial charge in [-0.15, -0.1) is 0 Å². The number of nitrogens with one attached hydrogen (secondary N) is 1. The second-order valence-corrected chi connectivity index (χ2v) is 4.33. The number of benzene rings is 1. The van der Waals surface area contributed by atoms with Crippen LogP contribution in [0.3, 0.4) is 0 Å². The molecular weight excluding hydrogens is 238 g/mol. The molecule has 17 heavy (non-hydrogen) atoms. The first-order valence-electron chi connectivity index (χ1n) is 5.76. The van der Waals surface area contributed by atoms with E-state index in [0.29, 0.717) is 11.6 Å². The number of amides is 1. The minimum Gasteiger partial charge on any atom is -0.372 e. The molecule has 0 bridgehead atoms. The minimum atomic E-state index is -0.0964. The summed E-state index contributed by atoms with van der Waals surface area (Å²) in [7, 11) is 0. The fourth-order valence-electron chi connectivity index (χ4n) is 1.43. The molecule has 1 aromatic rings. The van der Waals surface area contributed by atoms with Gasteiger partial charge < -0.3 is 10.1 Å². The molecule has 0 spiro atoms. The number of rotatable bonds is 6. The molecule has 0 saturated carbocycles. The Bertz CT molecular complexity index is 351. The molecule has 0 aliphatic carbocycles. The molecule has 0 aliphatic rings. The molecule has 1 amide bonds. The Balaban J connectivity index is 2.40. The van der Waals surface area contributed by atoms with Gasteiger partial charge in [0.25, 0.3) is 0 Å². The lowest BCUT2D eigenvalue weighted by molar-refractivity contribution is -0.126.